The number of anilines is 2. The van der Waals surface area contributed by atoms with Crippen molar-refractivity contribution in [3.05, 3.63) is 29.9 Å². The molecule has 0 amide bonds. The maximum absolute atomic E-state index is 5.69. The lowest BCUT2D eigenvalue weighted by molar-refractivity contribution is 0.122. The van der Waals surface area contributed by atoms with Crippen LogP contribution in [0.4, 0.5) is 11.5 Å². The zero-order chi connectivity index (χ0) is 17.2. The third-order valence-corrected chi connectivity index (χ3v) is 5.42. The summed E-state index contributed by atoms with van der Waals surface area (Å²) in [7, 11) is 3.59. The van der Waals surface area contributed by atoms with Crippen LogP contribution in [0.1, 0.15) is 0 Å². The van der Waals surface area contributed by atoms with Crippen molar-refractivity contribution >= 4 is 33.1 Å². The second-order valence-corrected chi connectivity index (χ2v) is 6.66. The third-order valence-electron chi connectivity index (χ3n) is 4.44. The van der Waals surface area contributed by atoms with Gasteiger partial charge in [0, 0.05) is 48.4 Å². The molecule has 1 aliphatic heterocycles. The highest BCUT2D eigenvalue weighted by Crippen LogP contribution is 2.40. The fraction of sp³-hybridized carbons (Fsp3) is 0.333. The summed E-state index contributed by atoms with van der Waals surface area (Å²) in [6, 6.07) is 6.36. The Hall–Kier alpha value is -2.38. The Labute approximate surface area is 150 Å². The van der Waals surface area contributed by atoms with E-state index in [4.69, 9.17) is 9.47 Å². The number of nitrogens with one attached hydrogen (secondary N) is 1. The predicted molar refractivity (Wildman–Crippen MR) is 102 cm³/mol. The highest BCUT2D eigenvalue weighted by Gasteiger charge is 2.17. The summed E-state index contributed by atoms with van der Waals surface area (Å²) in [5, 5.41) is 5.24. The summed E-state index contributed by atoms with van der Waals surface area (Å²) in [4.78, 5) is 11.1. The van der Waals surface area contributed by atoms with Gasteiger partial charge >= 0.3 is 0 Å². The maximum Gasteiger partial charge on any atom is 0.147 e. The van der Waals surface area contributed by atoms with Crippen LogP contribution in [0.5, 0.6) is 5.75 Å². The smallest absolute Gasteiger partial charge is 0.147 e. The molecule has 0 aliphatic carbocycles. The summed E-state index contributed by atoms with van der Waals surface area (Å²) in [5.74, 6) is 1.71. The van der Waals surface area contributed by atoms with E-state index >= 15 is 0 Å². The van der Waals surface area contributed by atoms with E-state index in [-0.39, 0.29) is 0 Å². The molecule has 3 heterocycles. The van der Waals surface area contributed by atoms with Gasteiger partial charge in [-0.15, -0.1) is 11.3 Å². The first-order valence-electron chi connectivity index (χ1n) is 8.23. The molecule has 6 nitrogen and oxygen atoms in total. The molecule has 1 aromatic carbocycles. The molecule has 2 aromatic heterocycles. The average molecular weight is 356 g/mol. The molecule has 1 saturated heterocycles. The number of methoxy groups -OCH3 is 1. The minimum absolute atomic E-state index is 0.767. The molecule has 0 bridgehead atoms. The Bertz CT molecular complexity index is 890. The molecule has 25 heavy (non-hydrogen) atoms. The first kappa shape index (κ1) is 16.1. The number of nitrogens with zero attached hydrogens (tertiary/aromatic N) is 3. The fourth-order valence-electron chi connectivity index (χ4n) is 3.14. The van der Waals surface area contributed by atoms with E-state index in [1.165, 1.54) is 0 Å². The van der Waals surface area contributed by atoms with Gasteiger partial charge in [0.25, 0.3) is 0 Å². The van der Waals surface area contributed by atoms with Gasteiger partial charge in [-0.25, -0.2) is 9.97 Å². The predicted octanol–water partition coefficient (Wildman–Crippen LogP) is 3.25. The van der Waals surface area contributed by atoms with E-state index in [9.17, 15) is 0 Å². The molecule has 0 atom stereocenters. The maximum atomic E-state index is 5.69. The molecule has 1 N–H and O–H groups in total. The first-order chi connectivity index (χ1) is 12.3. The SMILES string of the molecule is CNc1ncnc2c(-c3ccc(N4CCOCC4)cc3OC)csc12. The average Bonchev–Trinajstić information content (AvgIpc) is 3.12. The van der Waals surface area contributed by atoms with Gasteiger partial charge in [-0.1, -0.05) is 0 Å². The van der Waals surface area contributed by atoms with E-state index in [0.717, 1.165) is 64.9 Å². The topological polar surface area (TPSA) is 59.5 Å². The lowest BCUT2D eigenvalue weighted by Gasteiger charge is -2.29. The molecule has 0 unspecified atom stereocenters. The van der Waals surface area contributed by atoms with E-state index < -0.39 is 0 Å². The zero-order valence-electron chi connectivity index (χ0n) is 14.3. The lowest BCUT2D eigenvalue weighted by Crippen LogP contribution is -2.36. The molecule has 0 radical (unpaired) electrons. The van der Waals surface area contributed by atoms with Crippen LogP contribution in [-0.2, 0) is 4.74 Å². The first-order valence-corrected chi connectivity index (χ1v) is 9.11. The Kier molecular flexibility index (Phi) is 4.42. The monoisotopic (exact) mass is 356 g/mol. The van der Waals surface area contributed by atoms with E-state index in [1.54, 1.807) is 24.8 Å². The molecule has 1 aliphatic rings. The lowest BCUT2D eigenvalue weighted by atomic mass is 10.1. The van der Waals surface area contributed by atoms with Crippen molar-refractivity contribution < 1.29 is 9.47 Å². The van der Waals surface area contributed by atoms with Crippen LogP contribution in [0.3, 0.4) is 0 Å². The second-order valence-electron chi connectivity index (χ2n) is 5.78. The Morgan fingerprint density at radius 2 is 2.04 bits per heavy atom. The molecular weight excluding hydrogens is 336 g/mol. The van der Waals surface area contributed by atoms with Gasteiger partial charge < -0.3 is 19.7 Å². The van der Waals surface area contributed by atoms with Crippen molar-refractivity contribution in [2.75, 3.05) is 50.7 Å². The van der Waals surface area contributed by atoms with Gasteiger partial charge in [-0.2, -0.15) is 0 Å². The Morgan fingerprint density at radius 1 is 1.20 bits per heavy atom. The highest BCUT2D eigenvalue weighted by atomic mass is 32.1. The standard InChI is InChI=1S/C18H20N4O2S/c1-19-18-17-16(20-11-21-18)14(10-25-17)13-4-3-12(9-15(13)23-2)22-5-7-24-8-6-22/h3-4,9-11H,5-8H2,1-2H3,(H,19,20,21). The molecule has 1 fully saturated rings. The molecule has 3 aromatic rings. The number of hydrogen-bond acceptors (Lipinski definition) is 7. The van der Waals surface area contributed by atoms with Crippen LogP contribution in [0, 0.1) is 0 Å². The number of fused-ring (bicyclic) bond motifs is 1. The summed E-state index contributed by atoms with van der Waals surface area (Å²) in [5.41, 5.74) is 4.23. The number of hydrogen-bond donors (Lipinski definition) is 1. The summed E-state index contributed by atoms with van der Waals surface area (Å²) >= 11 is 1.64. The fourth-order valence-corrected chi connectivity index (χ4v) is 4.16. The highest BCUT2D eigenvalue weighted by molar-refractivity contribution is 7.18. The van der Waals surface area contributed by atoms with E-state index in [2.05, 4.69) is 43.8 Å². The minimum Gasteiger partial charge on any atom is -0.496 e. The van der Waals surface area contributed by atoms with Gasteiger partial charge in [0.05, 0.1) is 30.5 Å². The largest absolute Gasteiger partial charge is 0.496 e. The van der Waals surface area contributed by atoms with Gasteiger partial charge in [-0.05, 0) is 12.1 Å². The summed E-state index contributed by atoms with van der Waals surface area (Å²) in [6.45, 7) is 3.34. The number of rotatable bonds is 4. The van der Waals surface area contributed by atoms with Crippen molar-refractivity contribution in [2.45, 2.75) is 0 Å². The normalized spacial score (nSPS) is 14.7. The van der Waals surface area contributed by atoms with E-state index in [1.807, 2.05) is 7.05 Å². The van der Waals surface area contributed by atoms with Crippen molar-refractivity contribution in [3.63, 3.8) is 0 Å². The van der Waals surface area contributed by atoms with Crippen LogP contribution >= 0.6 is 11.3 Å². The molecular formula is C18H20N4O2S. The second kappa shape index (κ2) is 6.85. The zero-order valence-corrected chi connectivity index (χ0v) is 15.1. The molecule has 0 saturated carbocycles. The third kappa shape index (κ3) is 2.89. The molecule has 4 rings (SSSR count). The Balaban J connectivity index is 1.77. The Morgan fingerprint density at radius 3 is 2.80 bits per heavy atom. The molecule has 0 spiro atoms. The van der Waals surface area contributed by atoms with Gasteiger partial charge in [-0.3, -0.25) is 0 Å². The van der Waals surface area contributed by atoms with Crippen LogP contribution in [0.25, 0.3) is 21.3 Å². The van der Waals surface area contributed by atoms with Crippen LogP contribution < -0.4 is 15.0 Å². The van der Waals surface area contributed by atoms with Crippen LogP contribution in [0.15, 0.2) is 29.9 Å². The van der Waals surface area contributed by atoms with Crippen molar-refractivity contribution in [2.24, 2.45) is 0 Å². The number of aromatic nitrogens is 2. The van der Waals surface area contributed by atoms with Gasteiger partial charge in [0.1, 0.15) is 17.9 Å². The van der Waals surface area contributed by atoms with Gasteiger partial charge in [0.2, 0.25) is 0 Å². The summed E-state index contributed by atoms with van der Waals surface area (Å²) < 4.78 is 12.2. The van der Waals surface area contributed by atoms with Crippen molar-refractivity contribution in [3.8, 4) is 16.9 Å². The van der Waals surface area contributed by atoms with Crippen LogP contribution in [0.2, 0.25) is 0 Å². The minimum atomic E-state index is 0.767. The number of thiophene rings is 1. The van der Waals surface area contributed by atoms with Crippen molar-refractivity contribution in [1.29, 1.82) is 0 Å². The number of morpholine rings is 1. The summed E-state index contributed by atoms with van der Waals surface area (Å²) in [6.07, 6.45) is 1.60. The molecule has 7 heteroatoms. The quantitative estimate of drug-likeness (QED) is 0.774. The number of benzene rings is 1. The van der Waals surface area contributed by atoms with Crippen LogP contribution in [-0.4, -0.2) is 50.4 Å². The van der Waals surface area contributed by atoms with Gasteiger partial charge in [0.15, 0.2) is 0 Å². The number of ether oxygens (including phenoxy) is 2. The molecule has 130 valence electrons. The van der Waals surface area contributed by atoms with E-state index in [0.29, 0.717) is 0 Å². The van der Waals surface area contributed by atoms with Crippen molar-refractivity contribution in [1.82, 2.24) is 9.97 Å².